The lowest BCUT2D eigenvalue weighted by molar-refractivity contribution is -0.137. The number of rotatable bonds is 3. The maximum atomic E-state index is 13.0. The number of halogens is 3. The number of aliphatic hydroxyl groups excluding tert-OH is 1. The normalized spacial score (nSPS) is 17.1. The molecule has 1 aliphatic rings. The van der Waals surface area contributed by atoms with Gasteiger partial charge in [0.2, 0.25) is 0 Å². The zero-order chi connectivity index (χ0) is 18.2. The van der Waals surface area contributed by atoms with E-state index in [1.807, 2.05) is 0 Å². The third kappa shape index (κ3) is 4.01. The van der Waals surface area contributed by atoms with Gasteiger partial charge in [0, 0.05) is 11.1 Å². The minimum Gasteiger partial charge on any atom is -0.444 e. The van der Waals surface area contributed by atoms with Gasteiger partial charge in [-0.1, -0.05) is 12.5 Å². The second-order valence-electron chi connectivity index (χ2n) is 7.18. The number of anilines is 1. The maximum Gasteiger partial charge on any atom is 0.416 e. The van der Waals surface area contributed by atoms with Crippen LogP contribution in [0.1, 0.15) is 51.2 Å². The smallest absolute Gasteiger partial charge is 0.416 e. The Morgan fingerprint density at radius 3 is 2.33 bits per heavy atom. The van der Waals surface area contributed by atoms with E-state index in [9.17, 15) is 23.1 Å². The lowest BCUT2D eigenvalue weighted by Crippen LogP contribution is -2.39. The predicted molar refractivity (Wildman–Crippen MR) is 83.9 cm³/mol. The molecular weight excluding hydrogens is 323 g/mol. The van der Waals surface area contributed by atoms with Gasteiger partial charge < -0.3 is 9.84 Å². The topological polar surface area (TPSA) is 58.6 Å². The van der Waals surface area contributed by atoms with E-state index in [1.165, 1.54) is 6.07 Å². The molecule has 0 unspecified atom stereocenters. The van der Waals surface area contributed by atoms with Crippen molar-refractivity contribution >= 4 is 11.8 Å². The Kier molecular flexibility index (Phi) is 4.86. The summed E-state index contributed by atoms with van der Waals surface area (Å²) in [5.41, 5.74) is -1.68. The molecule has 1 aromatic carbocycles. The first-order chi connectivity index (χ1) is 11.0. The number of amides is 1. The molecule has 4 nitrogen and oxygen atoms in total. The standard InChI is InChI=1S/C17H22F3NO3/c1-15(2,3)24-14(23)21-13-9-11(17(18,19)20)5-6-12(13)16(10-22)7-4-8-16/h5-6,9,22H,4,7-8,10H2,1-3H3,(H,21,23). The highest BCUT2D eigenvalue weighted by Gasteiger charge is 2.41. The number of benzene rings is 1. The summed E-state index contributed by atoms with van der Waals surface area (Å²) < 4.78 is 44.1. The first-order valence-corrected chi connectivity index (χ1v) is 7.79. The lowest BCUT2D eigenvalue weighted by Gasteiger charge is -2.42. The van der Waals surface area contributed by atoms with E-state index < -0.39 is 28.8 Å². The molecule has 0 aromatic heterocycles. The van der Waals surface area contributed by atoms with Gasteiger partial charge >= 0.3 is 12.3 Å². The van der Waals surface area contributed by atoms with Crippen LogP contribution < -0.4 is 5.32 Å². The number of aliphatic hydroxyl groups is 1. The summed E-state index contributed by atoms with van der Waals surface area (Å²) in [6.07, 6.45) is -3.13. The fourth-order valence-corrected chi connectivity index (χ4v) is 2.82. The Labute approximate surface area is 139 Å². The molecule has 2 N–H and O–H groups in total. The molecule has 0 aliphatic heterocycles. The van der Waals surface area contributed by atoms with Crippen LogP contribution in [0.5, 0.6) is 0 Å². The lowest BCUT2D eigenvalue weighted by atomic mass is 9.64. The van der Waals surface area contributed by atoms with Crippen molar-refractivity contribution in [2.24, 2.45) is 0 Å². The van der Waals surface area contributed by atoms with Crippen molar-refractivity contribution in [2.45, 2.75) is 57.2 Å². The van der Waals surface area contributed by atoms with E-state index in [0.717, 1.165) is 18.6 Å². The van der Waals surface area contributed by atoms with E-state index in [2.05, 4.69) is 5.32 Å². The van der Waals surface area contributed by atoms with Gasteiger partial charge in [0.1, 0.15) is 5.60 Å². The quantitative estimate of drug-likeness (QED) is 0.850. The molecule has 0 heterocycles. The van der Waals surface area contributed by atoms with Crippen LogP contribution in [0.15, 0.2) is 18.2 Å². The van der Waals surface area contributed by atoms with Gasteiger partial charge in [0.25, 0.3) is 0 Å². The van der Waals surface area contributed by atoms with Crippen molar-refractivity contribution in [3.63, 3.8) is 0 Å². The number of hydrogen-bond acceptors (Lipinski definition) is 3. The van der Waals surface area contributed by atoms with Crippen LogP contribution >= 0.6 is 0 Å². The minimum absolute atomic E-state index is 0.0350. The SMILES string of the molecule is CC(C)(C)OC(=O)Nc1cc(C(F)(F)F)ccc1C1(CO)CCC1. The van der Waals surface area contributed by atoms with Crippen molar-refractivity contribution in [2.75, 3.05) is 11.9 Å². The average molecular weight is 345 g/mol. The molecule has 1 amide bonds. The van der Waals surface area contributed by atoms with Crippen LogP contribution in [0.3, 0.4) is 0 Å². The summed E-state index contributed by atoms with van der Waals surface area (Å²) >= 11 is 0. The number of carbonyl (C=O) groups is 1. The molecule has 0 atom stereocenters. The highest BCUT2D eigenvalue weighted by Crippen LogP contribution is 2.47. The van der Waals surface area contributed by atoms with Crippen molar-refractivity contribution in [3.8, 4) is 0 Å². The van der Waals surface area contributed by atoms with Gasteiger partial charge in [0.15, 0.2) is 0 Å². The Balaban J connectivity index is 2.39. The summed E-state index contributed by atoms with van der Waals surface area (Å²) in [4.78, 5) is 12.0. The second kappa shape index (κ2) is 6.27. The fourth-order valence-electron chi connectivity index (χ4n) is 2.82. The Hall–Kier alpha value is -1.76. The van der Waals surface area contributed by atoms with Crippen LogP contribution in [0.2, 0.25) is 0 Å². The van der Waals surface area contributed by atoms with E-state index in [-0.39, 0.29) is 12.3 Å². The Morgan fingerprint density at radius 1 is 1.29 bits per heavy atom. The molecule has 1 aliphatic carbocycles. The molecule has 7 heteroatoms. The largest absolute Gasteiger partial charge is 0.444 e. The molecule has 134 valence electrons. The summed E-state index contributed by atoms with van der Waals surface area (Å²) in [6, 6.07) is 3.21. The predicted octanol–water partition coefficient (Wildman–Crippen LogP) is 4.47. The van der Waals surface area contributed by atoms with Crippen LogP contribution in [-0.4, -0.2) is 23.4 Å². The number of alkyl halides is 3. The van der Waals surface area contributed by atoms with Crippen molar-refractivity contribution < 1.29 is 27.8 Å². The highest BCUT2D eigenvalue weighted by molar-refractivity contribution is 5.86. The molecule has 2 rings (SSSR count). The molecular formula is C17H22F3NO3. The number of carbonyl (C=O) groups excluding carboxylic acids is 1. The molecule has 1 fully saturated rings. The molecule has 0 spiro atoms. The van der Waals surface area contributed by atoms with Crippen molar-refractivity contribution in [3.05, 3.63) is 29.3 Å². The fraction of sp³-hybridized carbons (Fsp3) is 0.588. The number of nitrogens with one attached hydrogen (secondary N) is 1. The molecule has 1 saturated carbocycles. The Morgan fingerprint density at radius 2 is 1.92 bits per heavy atom. The van der Waals surface area contributed by atoms with E-state index in [4.69, 9.17) is 4.74 Å². The molecule has 0 bridgehead atoms. The van der Waals surface area contributed by atoms with E-state index in [1.54, 1.807) is 20.8 Å². The van der Waals surface area contributed by atoms with Gasteiger partial charge in [-0.05, 0) is 51.3 Å². The maximum absolute atomic E-state index is 13.0. The van der Waals surface area contributed by atoms with Gasteiger partial charge in [-0.2, -0.15) is 13.2 Å². The summed E-state index contributed by atoms with van der Waals surface area (Å²) in [5.74, 6) is 0. The van der Waals surface area contributed by atoms with Gasteiger partial charge in [-0.25, -0.2) is 4.79 Å². The minimum atomic E-state index is -4.52. The highest BCUT2D eigenvalue weighted by atomic mass is 19.4. The van der Waals surface area contributed by atoms with Gasteiger partial charge in [0.05, 0.1) is 12.2 Å². The van der Waals surface area contributed by atoms with Gasteiger partial charge in [-0.15, -0.1) is 0 Å². The van der Waals surface area contributed by atoms with Crippen LogP contribution in [-0.2, 0) is 16.3 Å². The van der Waals surface area contributed by atoms with Crippen molar-refractivity contribution in [1.29, 1.82) is 0 Å². The van der Waals surface area contributed by atoms with E-state index >= 15 is 0 Å². The zero-order valence-corrected chi connectivity index (χ0v) is 14.0. The monoisotopic (exact) mass is 345 g/mol. The molecule has 24 heavy (non-hydrogen) atoms. The molecule has 0 saturated heterocycles. The summed E-state index contributed by atoms with van der Waals surface area (Å²) in [5, 5.41) is 12.1. The van der Waals surface area contributed by atoms with Crippen LogP contribution in [0.4, 0.5) is 23.7 Å². The molecule has 1 aromatic rings. The third-order valence-corrected chi connectivity index (χ3v) is 4.17. The van der Waals surface area contributed by atoms with Crippen molar-refractivity contribution in [1.82, 2.24) is 0 Å². The average Bonchev–Trinajstić information content (AvgIpc) is 2.36. The van der Waals surface area contributed by atoms with Crippen LogP contribution in [0, 0.1) is 0 Å². The third-order valence-electron chi connectivity index (χ3n) is 4.17. The number of ether oxygens (including phenoxy) is 1. The van der Waals surface area contributed by atoms with E-state index in [0.29, 0.717) is 18.4 Å². The summed E-state index contributed by atoms with van der Waals surface area (Å²) in [7, 11) is 0. The van der Waals surface area contributed by atoms with Gasteiger partial charge in [-0.3, -0.25) is 5.32 Å². The second-order valence-corrected chi connectivity index (χ2v) is 7.18. The zero-order valence-electron chi connectivity index (χ0n) is 14.0. The Bertz CT molecular complexity index is 611. The van der Waals surface area contributed by atoms with Crippen LogP contribution in [0.25, 0.3) is 0 Å². The first kappa shape index (κ1) is 18.6. The number of hydrogen-bond donors (Lipinski definition) is 2. The summed E-state index contributed by atoms with van der Waals surface area (Å²) in [6.45, 7) is 4.82. The molecule has 0 radical (unpaired) electrons. The first-order valence-electron chi connectivity index (χ1n) is 7.79.